The van der Waals surface area contributed by atoms with E-state index in [0.29, 0.717) is 5.92 Å². The summed E-state index contributed by atoms with van der Waals surface area (Å²) in [5, 5.41) is 3.21. The van der Waals surface area contributed by atoms with Gasteiger partial charge in [-0.3, -0.25) is 0 Å². The molecule has 1 unspecified atom stereocenters. The zero-order valence-corrected chi connectivity index (χ0v) is 11.8. The van der Waals surface area contributed by atoms with Crippen LogP contribution in [0, 0.1) is 5.92 Å². The summed E-state index contributed by atoms with van der Waals surface area (Å²) in [5.41, 5.74) is 0.717. The Labute approximate surface area is 118 Å². The number of alkyl halides is 3. The average Bonchev–Trinajstić information content (AvgIpc) is 2.91. The summed E-state index contributed by atoms with van der Waals surface area (Å²) < 4.78 is 38.3. The second-order valence-electron chi connectivity index (χ2n) is 5.78. The highest BCUT2D eigenvalue weighted by molar-refractivity contribution is 5.19. The lowest BCUT2D eigenvalue weighted by Gasteiger charge is -2.28. The SMILES string of the molecule is C[C@H](NC(CC(F)(F)F)c1ccccc1)C1CCCC1. The van der Waals surface area contributed by atoms with Gasteiger partial charge in [0.2, 0.25) is 0 Å². The Morgan fingerprint density at radius 2 is 1.75 bits per heavy atom. The van der Waals surface area contributed by atoms with E-state index in [-0.39, 0.29) is 6.04 Å². The Morgan fingerprint density at radius 1 is 1.15 bits per heavy atom. The first-order chi connectivity index (χ1) is 9.46. The minimum Gasteiger partial charge on any atom is -0.307 e. The van der Waals surface area contributed by atoms with Crippen molar-refractivity contribution in [3.8, 4) is 0 Å². The summed E-state index contributed by atoms with van der Waals surface area (Å²) in [7, 11) is 0. The summed E-state index contributed by atoms with van der Waals surface area (Å²) in [6, 6.07) is 8.43. The highest BCUT2D eigenvalue weighted by Crippen LogP contribution is 2.33. The molecule has 0 aliphatic heterocycles. The fraction of sp³-hybridized carbons (Fsp3) is 0.625. The van der Waals surface area contributed by atoms with Crippen molar-refractivity contribution < 1.29 is 13.2 Å². The lowest BCUT2D eigenvalue weighted by molar-refractivity contribution is -0.141. The molecule has 1 fully saturated rings. The van der Waals surface area contributed by atoms with E-state index in [9.17, 15) is 13.2 Å². The van der Waals surface area contributed by atoms with Crippen molar-refractivity contribution in [1.82, 2.24) is 5.32 Å². The Morgan fingerprint density at radius 3 is 2.30 bits per heavy atom. The number of rotatable bonds is 5. The van der Waals surface area contributed by atoms with Gasteiger partial charge in [-0.1, -0.05) is 43.2 Å². The van der Waals surface area contributed by atoms with Crippen LogP contribution in [0.25, 0.3) is 0 Å². The number of hydrogen-bond acceptors (Lipinski definition) is 1. The van der Waals surface area contributed by atoms with Crippen LogP contribution >= 0.6 is 0 Å². The fourth-order valence-corrected chi connectivity index (χ4v) is 3.10. The molecule has 1 aliphatic rings. The molecule has 2 atom stereocenters. The van der Waals surface area contributed by atoms with Gasteiger partial charge in [-0.05, 0) is 31.2 Å². The predicted molar refractivity (Wildman–Crippen MR) is 74.4 cm³/mol. The molecule has 0 spiro atoms. The van der Waals surface area contributed by atoms with Crippen LogP contribution in [-0.4, -0.2) is 12.2 Å². The minimum absolute atomic E-state index is 0.130. The van der Waals surface area contributed by atoms with Crippen LogP contribution in [0.2, 0.25) is 0 Å². The molecular formula is C16H22F3N. The fourth-order valence-electron chi connectivity index (χ4n) is 3.10. The number of hydrogen-bond donors (Lipinski definition) is 1. The van der Waals surface area contributed by atoms with Gasteiger partial charge in [0.25, 0.3) is 0 Å². The van der Waals surface area contributed by atoms with Crippen molar-refractivity contribution >= 4 is 0 Å². The van der Waals surface area contributed by atoms with Crippen LogP contribution in [0.3, 0.4) is 0 Å². The molecule has 1 N–H and O–H groups in total. The molecule has 1 aromatic rings. The van der Waals surface area contributed by atoms with Crippen LogP contribution < -0.4 is 5.32 Å². The third-order valence-corrected chi connectivity index (χ3v) is 4.21. The summed E-state index contributed by atoms with van der Waals surface area (Å²) in [5.74, 6) is 0.509. The van der Waals surface area contributed by atoms with Gasteiger partial charge in [0.15, 0.2) is 0 Å². The van der Waals surface area contributed by atoms with Crippen molar-refractivity contribution in [3.63, 3.8) is 0 Å². The van der Waals surface area contributed by atoms with Gasteiger partial charge in [0, 0.05) is 12.1 Å². The van der Waals surface area contributed by atoms with E-state index in [1.807, 2.05) is 13.0 Å². The Kier molecular flexibility index (Phi) is 5.08. The predicted octanol–water partition coefficient (Wildman–Crippen LogP) is 4.85. The number of nitrogens with one attached hydrogen (secondary N) is 1. The van der Waals surface area contributed by atoms with Crippen molar-refractivity contribution in [2.75, 3.05) is 0 Å². The quantitative estimate of drug-likeness (QED) is 0.815. The molecule has 1 aliphatic carbocycles. The zero-order valence-electron chi connectivity index (χ0n) is 11.8. The molecule has 1 nitrogen and oxygen atoms in total. The van der Waals surface area contributed by atoms with E-state index in [4.69, 9.17) is 0 Å². The van der Waals surface area contributed by atoms with Crippen molar-refractivity contribution in [1.29, 1.82) is 0 Å². The van der Waals surface area contributed by atoms with Crippen LogP contribution in [-0.2, 0) is 0 Å². The van der Waals surface area contributed by atoms with E-state index in [1.54, 1.807) is 24.3 Å². The third kappa shape index (κ3) is 4.51. The van der Waals surface area contributed by atoms with Crippen molar-refractivity contribution in [2.45, 2.75) is 57.3 Å². The monoisotopic (exact) mass is 285 g/mol. The minimum atomic E-state index is -4.15. The Hall–Kier alpha value is -1.03. The Bertz CT molecular complexity index is 396. The van der Waals surface area contributed by atoms with Gasteiger partial charge >= 0.3 is 6.18 Å². The highest BCUT2D eigenvalue weighted by Gasteiger charge is 2.34. The van der Waals surface area contributed by atoms with Gasteiger partial charge < -0.3 is 5.32 Å². The molecule has 2 rings (SSSR count). The third-order valence-electron chi connectivity index (χ3n) is 4.21. The molecule has 0 radical (unpaired) electrons. The zero-order chi connectivity index (χ0) is 14.6. The van der Waals surface area contributed by atoms with E-state index in [2.05, 4.69) is 5.32 Å². The molecule has 0 bridgehead atoms. The second-order valence-corrected chi connectivity index (χ2v) is 5.78. The average molecular weight is 285 g/mol. The highest BCUT2D eigenvalue weighted by atomic mass is 19.4. The molecule has 1 saturated carbocycles. The maximum atomic E-state index is 12.8. The maximum absolute atomic E-state index is 12.8. The van der Waals surface area contributed by atoms with Gasteiger partial charge in [-0.2, -0.15) is 13.2 Å². The second kappa shape index (κ2) is 6.61. The molecule has 0 aromatic heterocycles. The van der Waals surface area contributed by atoms with Gasteiger partial charge in [-0.15, -0.1) is 0 Å². The van der Waals surface area contributed by atoms with Crippen LogP contribution in [0.4, 0.5) is 13.2 Å². The topological polar surface area (TPSA) is 12.0 Å². The lowest BCUT2D eigenvalue weighted by Crippen LogP contribution is -2.37. The number of benzene rings is 1. The van der Waals surface area contributed by atoms with Crippen LogP contribution in [0.1, 0.15) is 50.6 Å². The number of halogens is 3. The van der Waals surface area contributed by atoms with E-state index < -0.39 is 18.6 Å². The van der Waals surface area contributed by atoms with Crippen LogP contribution in [0.15, 0.2) is 30.3 Å². The Balaban J connectivity index is 2.06. The molecule has 4 heteroatoms. The molecule has 0 saturated heterocycles. The van der Waals surface area contributed by atoms with E-state index in [0.717, 1.165) is 18.4 Å². The molecule has 0 heterocycles. The van der Waals surface area contributed by atoms with Crippen molar-refractivity contribution in [3.05, 3.63) is 35.9 Å². The maximum Gasteiger partial charge on any atom is 0.390 e. The van der Waals surface area contributed by atoms with E-state index in [1.165, 1.54) is 12.8 Å². The first-order valence-corrected chi connectivity index (χ1v) is 7.33. The lowest BCUT2D eigenvalue weighted by atomic mass is 9.96. The standard InChI is InChI=1S/C16H22F3N/c1-12(13-7-5-6-8-13)20-15(11-16(17,18)19)14-9-3-2-4-10-14/h2-4,9-10,12-13,15,20H,5-8,11H2,1H3/t12-,15?/m0/s1. The van der Waals surface area contributed by atoms with Gasteiger partial charge in [0.1, 0.15) is 0 Å². The molecule has 0 amide bonds. The smallest absolute Gasteiger partial charge is 0.307 e. The summed E-state index contributed by atoms with van der Waals surface area (Å²) in [4.78, 5) is 0. The summed E-state index contributed by atoms with van der Waals surface area (Å²) >= 11 is 0. The summed E-state index contributed by atoms with van der Waals surface area (Å²) in [6.07, 6.45) is -0.307. The normalized spacial score (nSPS) is 20.0. The van der Waals surface area contributed by atoms with Gasteiger partial charge in [-0.25, -0.2) is 0 Å². The van der Waals surface area contributed by atoms with Crippen LogP contribution in [0.5, 0.6) is 0 Å². The molecule has 1 aromatic carbocycles. The van der Waals surface area contributed by atoms with Crippen molar-refractivity contribution in [2.24, 2.45) is 5.92 Å². The van der Waals surface area contributed by atoms with E-state index >= 15 is 0 Å². The van der Waals surface area contributed by atoms with Gasteiger partial charge in [0.05, 0.1) is 6.42 Å². The first kappa shape index (κ1) is 15.4. The molecule has 20 heavy (non-hydrogen) atoms. The summed E-state index contributed by atoms with van der Waals surface area (Å²) in [6.45, 7) is 2.02. The first-order valence-electron chi connectivity index (χ1n) is 7.33. The molecular weight excluding hydrogens is 263 g/mol. The molecule has 112 valence electrons. The largest absolute Gasteiger partial charge is 0.390 e.